The molecule has 0 atom stereocenters. The van der Waals surface area contributed by atoms with E-state index in [0.29, 0.717) is 17.0 Å². The molecule has 3 aromatic rings. The van der Waals surface area contributed by atoms with Crippen LogP contribution in [0.3, 0.4) is 0 Å². The number of thiazole rings is 1. The monoisotopic (exact) mass is 477 g/mol. The lowest BCUT2D eigenvalue weighted by Gasteiger charge is -2.18. The van der Waals surface area contributed by atoms with Gasteiger partial charge in [0, 0.05) is 17.0 Å². The van der Waals surface area contributed by atoms with Crippen molar-refractivity contribution >= 4 is 34.8 Å². The van der Waals surface area contributed by atoms with E-state index in [2.05, 4.69) is 10.4 Å². The number of nitrogens with zero attached hydrogens (tertiary/aromatic N) is 4. The van der Waals surface area contributed by atoms with Crippen LogP contribution in [-0.4, -0.2) is 34.4 Å². The van der Waals surface area contributed by atoms with Crippen molar-refractivity contribution in [2.45, 2.75) is 38.1 Å². The second-order valence-corrected chi connectivity index (χ2v) is 9.08. The average molecular weight is 478 g/mol. The first-order chi connectivity index (χ1) is 16.6. The molecule has 34 heavy (non-hydrogen) atoms. The third kappa shape index (κ3) is 4.62. The molecule has 1 aliphatic carbocycles. The minimum absolute atomic E-state index is 0.00460. The number of benzene rings is 2. The number of anilines is 1. The molecule has 1 saturated carbocycles. The van der Waals surface area contributed by atoms with Crippen LogP contribution >= 0.6 is 11.3 Å². The second-order valence-electron chi connectivity index (χ2n) is 8.24. The summed E-state index contributed by atoms with van der Waals surface area (Å²) in [4.78, 5) is 28.5. The highest BCUT2D eigenvalue weighted by Crippen LogP contribution is 2.33. The first-order valence-corrected chi connectivity index (χ1v) is 12.1. The lowest BCUT2D eigenvalue weighted by Crippen LogP contribution is -2.25. The van der Waals surface area contributed by atoms with Gasteiger partial charge in [0.15, 0.2) is 6.61 Å². The average Bonchev–Trinajstić information content (AvgIpc) is 3.25. The first-order valence-electron chi connectivity index (χ1n) is 11.2. The number of para-hydroxylation sites is 1. The largest absolute Gasteiger partial charge is 0.482 e. The van der Waals surface area contributed by atoms with E-state index < -0.39 is 4.92 Å². The molecular weight excluding hydrogens is 454 g/mol. The molecule has 1 fully saturated rings. The van der Waals surface area contributed by atoms with E-state index in [1.165, 1.54) is 30.0 Å². The van der Waals surface area contributed by atoms with Gasteiger partial charge in [-0.25, -0.2) is 4.68 Å². The summed E-state index contributed by atoms with van der Waals surface area (Å²) in [6.07, 6.45) is 7.15. The molecular formula is C24H23N5O4S. The number of ether oxygens (including phenoxy) is 1. The van der Waals surface area contributed by atoms with Crippen LogP contribution in [0.4, 0.5) is 11.4 Å². The molecule has 1 aromatic heterocycles. The summed E-state index contributed by atoms with van der Waals surface area (Å²) < 4.78 is 7.20. The zero-order valence-corrected chi connectivity index (χ0v) is 19.2. The van der Waals surface area contributed by atoms with Crippen LogP contribution in [0.15, 0.2) is 57.9 Å². The SMILES string of the molecule is O=C1COc2ccc(-c3csc(=NC4CCCCC4)n3N=Cc3ccccc3[N+](=O)[O-])cc2N1. The summed E-state index contributed by atoms with van der Waals surface area (Å²) >= 11 is 1.48. The van der Waals surface area contributed by atoms with Crippen LogP contribution in [0.25, 0.3) is 11.3 Å². The fourth-order valence-corrected chi connectivity index (χ4v) is 5.10. The number of amides is 1. The minimum Gasteiger partial charge on any atom is -0.482 e. The van der Waals surface area contributed by atoms with Crippen LogP contribution in [-0.2, 0) is 4.79 Å². The van der Waals surface area contributed by atoms with Crippen molar-refractivity contribution < 1.29 is 14.5 Å². The fourth-order valence-electron chi connectivity index (χ4n) is 4.19. The van der Waals surface area contributed by atoms with Gasteiger partial charge >= 0.3 is 0 Å². The molecule has 1 amide bonds. The maximum Gasteiger partial charge on any atom is 0.278 e. The highest BCUT2D eigenvalue weighted by Gasteiger charge is 2.19. The van der Waals surface area contributed by atoms with Crippen LogP contribution in [0.1, 0.15) is 37.7 Å². The standard InChI is InChI=1S/C24H23N5O4S/c30-23-14-33-22-11-10-16(12-19(22)27-23)21-15-34-24(26-18-7-2-1-3-8-18)28(21)25-13-17-6-4-5-9-20(17)29(31)32/h4-6,9-13,15,18H,1-3,7-8,14H2,(H,27,30). The van der Waals surface area contributed by atoms with Gasteiger partial charge in [-0.2, -0.15) is 5.10 Å². The number of hydrogen-bond donors (Lipinski definition) is 1. The third-order valence-electron chi connectivity index (χ3n) is 5.91. The molecule has 0 unspecified atom stereocenters. The van der Waals surface area contributed by atoms with Gasteiger partial charge in [-0.05, 0) is 37.1 Å². The number of aromatic nitrogens is 1. The van der Waals surface area contributed by atoms with Gasteiger partial charge in [0.2, 0.25) is 4.80 Å². The lowest BCUT2D eigenvalue weighted by atomic mass is 9.96. The van der Waals surface area contributed by atoms with E-state index in [-0.39, 0.29) is 24.2 Å². The van der Waals surface area contributed by atoms with Crippen LogP contribution in [0.2, 0.25) is 0 Å². The molecule has 1 aliphatic heterocycles. The summed E-state index contributed by atoms with van der Waals surface area (Å²) in [5, 5.41) is 20.9. The van der Waals surface area contributed by atoms with Crippen molar-refractivity contribution in [2.75, 3.05) is 11.9 Å². The van der Waals surface area contributed by atoms with Gasteiger partial charge in [-0.15, -0.1) is 11.3 Å². The molecule has 1 N–H and O–H groups in total. The summed E-state index contributed by atoms with van der Waals surface area (Å²) in [5.74, 6) is 0.408. The Morgan fingerprint density at radius 1 is 1.18 bits per heavy atom. The summed E-state index contributed by atoms with van der Waals surface area (Å²) in [6, 6.07) is 12.3. The molecule has 2 heterocycles. The van der Waals surface area contributed by atoms with E-state index in [4.69, 9.17) is 9.73 Å². The smallest absolute Gasteiger partial charge is 0.278 e. The van der Waals surface area contributed by atoms with E-state index in [9.17, 15) is 14.9 Å². The Morgan fingerprint density at radius 3 is 2.82 bits per heavy atom. The number of nitro benzene ring substituents is 1. The Kier molecular flexibility index (Phi) is 6.22. The Hall–Kier alpha value is -3.79. The van der Waals surface area contributed by atoms with E-state index >= 15 is 0 Å². The molecule has 10 heteroatoms. The Labute approximate surface area is 199 Å². The van der Waals surface area contributed by atoms with Crippen molar-refractivity contribution in [1.29, 1.82) is 0 Å². The van der Waals surface area contributed by atoms with E-state index in [1.54, 1.807) is 22.9 Å². The van der Waals surface area contributed by atoms with Crippen molar-refractivity contribution in [1.82, 2.24) is 4.68 Å². The third-order valence-corrected chi connectivity index (χ3v) is 6.74. The summed E-state index contributed by atoms with van der Waals surface area (Å²) in [6.45, 7) is -0.00460. The molecule has 0 bridgehead atoms. The van der Waals surface area contributed by atoms with Crippen LogP contribution in [0.5, 0.6) is 5.75 Å². The topological polar surface area (TPSA) is 111 Å². The summed E-state index contributed by atoms with van der Waals surface area (Å²) in [7, 11) is 0. The number of carbonyl (C=O) groups is 1. The maximum absolute atomic E-state index is 11.8. The number of rotatable bonds is 5. The van der Waals surface area contributed by atoms with Gasteiger partial charge in [0.25, 0.3) is 11.6 Å². The highest BCUT2D eigenvalue weighted by molar-refractivity contribution is 7.07. The predicted molar refractivity (Wildman–Crippen MR) is 130 cm³/mol. The predicted octanol–water partition coefficient (Wildman–Crippen LogP) is 4.57. The van der Waals surface area contributed by atoms with Crippen LogP contribution < -0.4 is 14.9 Å². The molecule has 0 radical (unpaired) electrons. The maximum atomic E-state index is 11.8. The first kappa shape index (κ1) is 22.0. The van der Waals surface area contributed by atoms with Crippen molar-refractivity contribution in [3.05, 3.63) is 68.3 Å². The molecule has 2 aliphatic rings. The van der Waals surface area contributed by atoms with Gasteiger partial charge in [0.05, 0.1) is 34.1 Å². The lowest BCUT2D eigenvalue weighted by molar-refractivity contribution is -0.385. The van der Waals surface area contributed by atoms with Crippen molar-refractivity contribution in [2.24, 2.45) is 10.1 Å². The van der Waals surface area contributed by atoms with Gasteiger partial charge < -0.3 is 10.1 Å². The number of nitro groups is 1. The van der Waals surface area contributed by atoms with E-state index in [1.807, 2.05) is 23.6 Å². The number of hydrogen-bond acceptors (Lipinski definition) is 7. The number of nitrogens with one attached hydrogen (secondary N) is 1. The highest BCUT2D eigenvalue weighted by atomic mass is 32.1. The summed E-state index contributed by atoms with van der Waals surface area (Å²) in [5.41, 5.74) is 2.59. The van der Waals surface area contributed by atoms with Crippen molar-refractivity contribution in [3.8, 4) is 17.0 Å². The van der Waals surface area contributed by atoms with Crippen molar-refractivity contribution in [3.63, 3.8) is 0 Å². The molecule has 5 rings (SSSR count). The molecule has 2 aromatic carbocycles. The number of carbonyl (C=O) groups excluding carboxylic acids is 1. The Bertz CT molecular complexity index is 1340. The molecule has 0 spiro atoms. The normalized spacial score (nSPS) is 16.8. The Balaban J connectivity index is 1.59. The van der Waals surface area contributed by atoms with Crippen LogP contribution in [0, 0.1) is 10.1 Å². The Morgan fingerprint density at radius 2 is 2.00 bits per heavy atom. The van der Waals surface area contributed by atoms with Gasteiger partial charge in [-0.1, -0.05) is 31.4 Å². The molecule has 0 saturated heterocycles. The zero-order chi connectivity index (χ0) is 23.5. The quantitative estimate of drug-likeness (QED) is 0.330. The zero-order valence-electron chi connectivity index (χ0n) is 18.3. The molecule has 174 valence electrons. The molecule has 9 nitrogen and oxygen atoms in total. The van der Waals surface area contributed by atoms with Gasteiger partial charge in [0.1, 0.15) is 5.75 Å². The van der Waals surface area contributed by atoms with E-state index in [0.717, 1.165) is 41.7 Å². The second kappa shape index (κ2) is 9.60. The fraction of sp³-hybridized carbons (Fsp3) is 0.292. The van der Waals surface area contributed by atoms with Gasteiger partial charge in [-0.3, -0.25) is 19.9 Å². The number of fused-ring (bicyclic) bond motifs is 1. The minimum atomic E-state index is -0.417.